The van der Waals surface area contributed by atoms with E-state index >= 15 is 0 Å². The van der Waals surface area contributed by atoms with Crippen LogP contribution in [-0.4, -0.2) is 17.5 Å². The van der Waals surface area contributed by atoms with E-state index in [9.17, 15) is 0 Å². The van der Waals surface area contributed by atoms with Crippen LogP contribution in [-0.2, 0) is 11.2 Å². The number of ether oxygens (including phenoxy) is 1. The molecule has 1 atom stereocenters. The van der Waals surface area contributed by atoms with Gasteiger partial charge in [-0.3, -0.25) is 0 Å². The van der Waals surface area contributed by atoms with Crippen LogP contribution in [0.3, 0.4) is 0 Å². The molecule has 3 heteroatoms. The first-order valence-corrected chi connectivity index (χ1v) is 8.26. The standard InChI is InChI=1S/C15H22Br2O/c1-15(2,3)18-9-8-13(11-16)10-12-4-6-14(17)7-5-12/h4-7,13H,8-11H2,1-3H3. The summed E-state index contributed by atoms with van der Waals surface area (Å²) in [5.41, 5.74) is 1.35. The lowest BCUT2D eigenvalue weighted by Gasteiger charge is -2.21. The molecule has 0 fully saturated rings. The molecule has 0 spiro atoms. The molecule has 0 saturated heterocycles. The van der Waals surface area contributed by atoms with Crippen molar-refractivity contribution in [1.82, 2.24) is 0 Å². The van der Waals surface area contributed by atoms with Gasteiger partial charge in [0, 0.05) is 16.4 Å². The summed E-state index contributed by atoms with van der Waals surface area (Å²) in [6, 6.07) is 8.58. The minimum absolute atomic E-state index is 0.0333. The summed E-state index contributed by atoms with van der Waals surface area (Å²) in [4.78, 5) is 0. The number of hydrogen-bond acceptors (Lipinski definition) is 1. The number of hydrogen-bond donors (Lipinski definition) is 0. The van der Waals surface area contributed by atoms with Crippen LogP contribution in [0.4, 0.5) is 0 Å². The maximum Gasteiger partial charge on any atom is 0.0598 e. The van der Waals surface area contributed by atoms with Crippen LogP contribution in [0, 0.1) is 5.92 Å². The van der Waals surface area contributed by atoms with Crippen LogP contribution in [0.25, 0.3) is 0 Å². The minimum atomic E-state index is -0.0333. The fourth-order valence-corrected chi connectivity index (χ4v) is 2.54. The number of benzene rings is 1. The molecule has 1 nitrogen and oxygen atoms in total. The predicted octanol–water partition coefficient (Wildman–Crippen LogP) is 5.21. The zero-order valence-electron chi connectivity index (χ0n) is 11.4. The Labute approximate surface area is 128 Å². The van der Waals surface area contributed by atoms with Crippen molar-refractivity contribution in [2.45, 2.75) is 39.2 Å². The predicted molar refractivity (Wildman–Crippen MR) is 85.5 cm³/mol. The Morgan fingerprint density at radius 3 is 2.28 bits per heavy atom. The molecule has 0 aliphatic carbocycles. The third kappa shape index (κ3) is 6.91. The Kier molecular flexibility index (Phi) is 6.89. The maximum atomic E-state index is 5.79. The van der Waals surface area contributed by atoms with E-state index in [4.69, 9.17) is 4.74 Å². The highest BCUT2D eigenvalue weighted by atomic mass is 79.9. The molecule has 0 radical (unpaired) electrons. The van der Waals surface area contributed by atoms with Crippen molar-refractivity contribution in [3.05, 3.63) is 34.3 Å². The first kappa shape index (κ1) is 16.2. The van der Waals surface area contributed by atoms with Gasteiger partial charge in [0.15, 0.2) is 0 Å². The van der Waals surface area contributed by atoms with Crippen LogP contribution in [0.2, 0.25) is 0 Å². The molecule has 0 saturated carbocycles. The monoisotopic (exact) mass is 376 g/mol. The molecule has 0 aromatic heterocycles. The van der Waals surface area contributed by atoms with Crippen LogP contribution in [0.1, 0.15) is 32.8 Å². The van der Waals surface area contributed by atoms with E-state index in [0.29, 0.717) is 5.92 Å². The normalized spacial score (nSPS) is 13.6. The molecular weight excluding hydrogens is 356 g/mol. The van der Waals surface area contributed by atoms with Gasteiger partial charge in [-0.25, -0.2) is 0 Å². The second-order valence-electron chi connectivity index (χ2n) is 5.60. The Morgan fingerprint density at radius 2 is 1.78 bits per heavy atom. The summed E-state index contributed by atoms with van der Waals surface area (Å²) in [5, 5.41) is 1.02. The average Bonchev–Trinajstić information content (AvgIpc) is 2.29. The molecule has 1 aromatic rings. The van der Waals surface area contributed by atoms with Crippen LogP contribution >= 0.6 is 31.9 Å². The highest BCUT2D eigenvalue weighted by Crippen LogP contribution is 2.18. The van der Waals surface area contributed by atoms with Crippen molar-refractivity contribution >= 4 is 31.9 Å². The molecule has 1 unspecified atom stereocenters. The molecule has 1 aromatic carbocycles. The Balaban J connectivity index is 2.40. The first-order valence-electron chi connectivity index (χ1n) is 6.35. The van der Waals surface area contributed by atoms with Crippen molar-refractivity contribution in [2.75, 3.05) is 11.9 Å². The lowest BCUT2D eigenvalue weighted by molar-refractivity contribution is -0.00821. The van der Waals surface area contributed by atoms with Gasteiger partial charge >= 0.3 is 0 Å². The van der Waals surface area contributed by atoms with E-state index in [-0.39, 0.29) is 5.60 Å². The van der Waals surface area contributed by atoms with Gasteiger partial charge in [0.05, 0.1) is 5.60 Å². The van der Waals surface area contributed by atoms with Gasteiger partial charge in [-0.05, 0) is 57.2 Å². The number of rotatable bonds is 6. The topological polar surface area (TPSA) is 9.23 Å². The molecular formula is C15H22Br2O. The summed E-state index contributed by atoms with van der Waals surface area (Å²) in [7, 11) is 0. The lowest BCUT2D eigenvalue weighted by Crippen LogP contribution is -2.21. The van der Waals surface area contributed by atoms with Crippen molar-refractivity contribution in [2.24, 2.45) is 5.92 Å². The third-order valence-electron chi connectivity index (χ3n) is 2.72. The van der Waals surface area contributed by atoms with Crippen LogP contribution < -0.4 is 0 Å². The fraction of sp³-hybridized carbons (Fsp3) is 0.600. The summed E-state index contributed by atoms with van der Waals surface area (Å²) < 4.78 is 6.93. The van der Waals surface area contributed by atoms with Gasteiger partial charge in [-0.2, -0.15) is 0 Å². The van der Waals surface area contributed by atoms with Crippen molar-refractivity contribution in [3.8, 4) is 0 Å². The molecule has 102 valence electrons. The number of halogens is 2. The Morgan fingerprint density at radius 1 is 1.17 bits per heavy atom. The molecule has 0 heterocycles. The quantitative estimate of drug-likeness (QED) is 0.618. The first-order chi connectivity index (χ1) is 8.40. The summed E-state index contributed by atoms with van der Waals surface area (Å²) >= 11 is 7.07. The van der Waals surface area contributed by atoms with Crippen molar-refractivity contribution in [1.29, 1.82) is 0 Å². The van der Waals surface area contributed by atoms with Gasteiger partial charge in [0.1, 0.15) is 0 Å². The molecule has 0 N–H and O–H groups in total. The van der Waals surface area contributed by atoms with Crippen LogP contribution in [0.15, 0.2) is 28.7 Å². The Hall–Kier alpha value is 0.140. The molecule has 0 amide bonds. The SMILES string of the molecule is CC(C)(C)OCCC(CBr)Cc1ccc(Br)cc1. The molecule has 0 bridgehead atoms. The van der Waals surface area contributed by atoms with Gasteiger partial charge in [-0.1, -0.05) is 44.0 Å². The fourth-order valence-electron chi connectivity index (χ4n) is 1.72. The minimum Gasteiger partial charge on any atom is -0.376 e. The molecule has 0 aliphatic rings. The van der Waals surface area contributed by atoms with Gasteiger partial charge in [0.2, 0.25) is 0 Å². The summed E-state index contributed by atoms with van der Waals surface area (Å²) in [5.74, 6) is 0.633. The van der Waals surface area contributed by atoms with Crippen molar-refractivity contribution in [3.63, 3.8) is 0 Å². The third-order valence-corrected chi connectivity index (χ3v) is 4.16. The second-order valence-corrected chi connectivity index (χ2v) is 7.16. The highest BCUT2D eigenvalue weighted by molar-refractivity contribution is 9.10. The van der Waals surface area contributed by atoms with Crippen LogP contribution in [0.5, 0.6) is 0 Å². The highest BCUT2D eigenvalue weighted by Gasteiger charge is 2.13. The molecule has 0 aliphatic heterocycles. The lowest BCUT2D eigenvalue weighted by atomic mass is 9.98. The van der Waals surface area contributed by atoms with Crippen molar-refractivity contribution < 1.29 is 4.74 Å². The number of alkyl halides is 1. The second kappa shape index (κ2) is 7.66. The molecule has 1 rings (SSSR count). The maximum absolute atomic E-state index is 5.79. The van der Waals surface area contributed by atoms with Gasteiger partial charge in [-0.15, -0.1) is 0 Å². The van der Waals surface area contributed by atoms with Gasteiger partial charge in [0.25, 0.3) is 0 Å². The molecule has 18 heavy (non-hydrogen) atoms. The zero-order valence-corrected chi connectivity index (χ0v) is 14.6. The average molecular weight is 378 g/mol. The van der Waals surface area contributed by atoms with E-state index < -0.39 is 0 Å². The summed E-state index contributed by atoms with van der Waals surface area (Å²) in [6.07, 6.45) is 2.20. The van der Waals surface area contributed by atoms with Gasteiger partial charge < -0.3 is 4.74 Å². The van der Waals surface area contributed by atoms with E-state index in [1.807, 2.05) is 0 Å². The summed E-state index contributed by atoms with van der Waals surface area (Å²) in [6.45, 7) is 7.14. The van der Waals surface area contributed by atoms with E-state index in [1.54, 1.807) is 0 Å². The zero-order chi connectivity index (χ0) is 13.6. The smallest absolute Gasteiger partial charge is 0.0598 e. The van der Waals surface area contributed by atoms with E-state index in [0.717, 1.165) is 29.3 Å². The largest absolute Gasteiger partial charge is 0.376 e. The van der Waals surface area contributed by atoms with E-state index in [2.05, 4.69) is 76.9 Å². The van der Waals surface area contributed by atoms with E-state index in [1.165, 1.54) is 5.56 Å². The Bertz CT molecular complexity index is 341.